The lowest BCUT2D eigenvalue weighted by Gasteiger charge is -2.31. The number of aryl methyl sites for hydroxylation is 1. The first-order chi connectivity index (χ1) is 12.2. The van der Waals surface area contributed by atoms with E-state index < -0.39 is 0 Å². The molecule has 7 heteroatoms. The zero-order chi connectivity index (χ0) is 17.3. The van der Waals surface area contributed by atoms with Crippen LogP contribution in [0, 0.1) is 12.3 Å². The molecule has 0 aromatic carbocycles. The smallest absolute Gasteiger partial charge is 0.289 e. The zero-order valence-electron chi connectivity index (χ0n) is 14.4. The van der Waals surface area contributed by atoms with E-state index in [1.165, 1.54) is 0 Å². The van der Waals surface area contributed by atoms with Crippen molar-refractivity contribution >= 4 is 11.9 Å². The maximum atomic E-state index is 12.8. The Labute approximate surface area is 146 Å². The van der Waals surface area contributed by atoms with Crippen molar-refractivity contribution in [2.45, 2.75) is 13.3 Å². The molecule has 2 aliphatic rings. The summed E-state index contributed by atoms with van der Waals surface area (Å²) in [5.41, 5.74) is -0.0903. The molecule has 25 heavy (non-hydrogen) atoms. The van der Waals surface area contributed by atoms with Gasteiger partial charge in [0.05, 0.1) is 13.2 Å². The molecular weight excluding hydrogens is 320 g/mol. The van der Waals surface area contributed by atoms with Gasteiger partial charge in [-0.05, 0) is 31.5 Å². The maximum Gasteiger partial charge on any atom is 0.289 e. The normalized spacial score (nSPS) is 23.9. The van der Waals surface area contributed by atoms with Crippen molar-refractivity contribution in [2.75, 3.05) is 44.3 Å². The third-order valence-electron chi connectivity index (χ3n) is 4.95. The number of rotatable bonds is 2. The number of hydrogen-bond donors (Lipinski definition) is 0. The molecule has 2 aliphatic heterocycles. The van der Waals surface area contributed by atoms with Gasteiger partial charge in [0, 0.05) is 44.0 Å². The number of carbonyl (C=O) groups excluding carboxylic acids is 1. The Morgan fingerprint density at radius 1 is 1.20 bits per heavy atom. The van der Waals surface area contributed by atoms with E-state index in [2.05, 4.69) is 14.9 Å². The van der Waals surface area contributed by atoms with Gasteiger partial charge < -0.3 is 19.0 Å². The van der Waals surface area contributed by atoms with Gasteiger partial charge in [-0.15, -0.1) is 0 Å². The van der Waals surface area contributed by atoms with Gasteiger partial charge in [-0.3, -0.25) is 4.79 Å². The van der Waals surface area contributed by atoms with Crippen LogP contribution in [0.5, 0.6) is 0 Å². The second kappa shape index (κ2) is 6.48. The van der Waals surface area contributed by atoms with Crippen LogP contribution in [-0.2, 0) is 4.74 Å². The Kier molecular flexibility index (Phi) is 4.17. The number of ether oxygens (including phenoxy) is 1. The van der Waals surface area contributed by atoms with Crippen LogP contribution in [0.4, 0.5) is 5.95 Å². The van der Waals surface area contributed by atoms with E-state index in [1.54, 1.807) is 18.5 Å². The quantitative estimate of drug-likeness (QED) is 0.828. The monoisotopic (exact) mass is 342 g/mol. The highest BCUT2D eigenvalue weighted by Crippen LogP contribution is 2.35. The summed E-state index contributed by atoms with van der Waals surface area (Å²) in [6.07, 6.45) is 4.46. The second-order valence-electron chi connectivity index (χ2n) is 6.91. The van der Waals surface area contributed by atoms with E-state index in [0.29, 0.717) is 32.1 Å². The van der Waals surface area contributed by atoms with Crippen molar-refractivity contribution in [3.05, 3.63) is 42.1 Å². The molecule has 2 fully saturated rings. The Morgan fingerprint density at radius 3 is 2.80 bits per heavy atom. The number of aromatic nitrogens is 2. The van der Waals surface area contributed by atoms with Gasteiger partial charge in [0.25, 0.3) is 5.91 Å². The lowest BCUT2D eigenvalue weighted by molar-refractivity contribution is 0.0662. The van der Waals surface area contributed by atoms with E-state index in [-0.39, 0.29) is 11.3 Å². The lowest BCUT2D eigenvalue weighted by atomic mass is 9.87. The summed E-state index contributed by atoms with van der Waals surface area (Å²) in [7, 11) is 0. The molecule has 0 unspecified atom stereocenters. The minimum atomic E-state index is -0.0903. The van der Waals surface area contributed by atoms with E-state index >= 15 is 0 Å². The molecule has 0 bridgehead atoms. The van der Waals surface area contributed by atoms with Gasteiger partial charge in [-0.2, -0.15) is 0 Å². The molecular formula is C18H22N4O3. The Bertz CT molecular complexity index is 748. The highest BCUT2D eigenvalue weighted by molar-refractivity contribution is 5.91. The molecule has 0 saturated carbocycles. The fourth-order valence-electron chi connectivity index (χ4n) is 3.68. The molecule has 1 amide bonds. The van der Waals surface area contributed by atoms with E-state index in [0.717, 1.165) is 31.2 Å². The van der Waals surface area contributed by atoms with Gasteiger partial charge in [-0.1, -0.05) is 0 Å². The van der Waals surface area contributed by atoms with E-state index in [1.807, 2.05) is 24.0 Å². The van der Waals surface area contributed by atoms with Crippen LogP contribution in [-0.4, -0.2) is 60.2 Å². The molecule has 0 N–H and O–H groups in total. The van der Waals surface area contributed by atoms with Gasteiger partial charge in [-0.25, -0.2) is 9.97 Å². The van der Waals surface area contributed by atoms with Crippen molar-refractivity contribution < 1.29 is 13.9 Å². The SMILES string of the molecule is Cc1ccc(C(=O)N2CCOC[C@]3(CCN(c4ncccn4)C3)C2)o1. The fourth-order valence-corrected chi connectivity index (χ4v) is 3.68. The summed E-state index contributed by atoms with van der Waals surface area (Å²) < 4.78 is 11.4. The van der Waals surface area contributed by atoms with Crippen LogP contribution < -0.4 is 4.90 Å². The fraction of sp³-hybridized carbons (Fsp3) is 0.500. The van der Waals surface area contributed by atoms with E-state index in [4.69, 9.17) is 9.15 Å². The standard InChI is InChI=1S/C18H22N4O3/c1-14-3-4-15(25-14)16(23)21-9-10-24-13-18(11-21)5-8-22(12-18)17-19-6-2-7-20-17/h2-4,6-7H,5,8-13H2,1H3/t18-/m1/s1. The van der Waals surface area contributed by atoms with Crippen molar-refractivity contribution in [2.24, 2.45) is 5.41 Å². The van der Waals surface area contributed by atoms with Crippen LogP contribution in [0.3, 0.4) is 0 Å². The number of amides is 1. The highest BCUT2D eigenvalue weighted by Gasteiger charge is 2.43. The Morgan fingerprint density at radius 2 is 2.04 bits per heavy atom. The Balaban J connectivity index is 1.51. The molecule has 7 nitrogen and oxygen atoms in total. The van der Waals surface area contributed by atoms with Crippen molar-refractivity contribution in [1.82, 2.24) is 14.9 Å². The third kappa shape index (κ3) is 3.24. The van der Waals surface area contributed by atoms with Crippen LogP contribution in [0.15, 0.2) is 35.0 Å². The molecule has 2 aromatic rings. The number of furan rings is 1. The number of anilines is 1. The predicted octanol–water partition coefficient (Wildman–Crippen LogP) is 1.75. The minimum absolute atomic E-state index is 0.0626. The summed E-state index contributed by atoms with van der Waals surface area (Å²) in [5.74, 6) is 1.82. The summed E-state index contributed by atoms with van der Waals surface area (Å²) in [6.45, 7) is 5.95. The molecule has 4 rings (SSSR count). The molecule has 2 saturated heterocycles. The molecule has 4 heterocycles. The number of hydrogen-bond acceptors (Lipinski definition) is 6. The summed E-state index contributed by atoms with van der Waals surface area (Å²) in [4.78, 5) is 25.5. The third-order valence-corrected chi connectivity index (χ3v) is 4.95. The zero-order valence-corrected chi connectivity index (χ0v) is 14.4. The van der Waals surface area contributed by atoms with Crippen LogP contribution in [0.2, 0.25) is 0 Å². The first kappa shape index (κ1) is 16.1. The molecule has 1 atom stereocenters. The molecule has 0 radical (unpaired) electrons. The van der Waals surface area contributed by atoms with Gasteiger partial charge in [0.2, 0.25) is 5.95 Å². The highest BCUT2D eigenvalue weighted by atomic mass is 16.5. The molecule has 132 valence electrons. The molecule has 1 spiro atoms. The predicted molar refractivity (Wildman–Crippen MR) is 91.5 cm³/mol. The molecule has 2 aromatic heterocycles. The average Bonchev–Trinajstić information content (AvgIpc) is 3.18. The summed E-state index contributed by atoms with van der Waals surface area (Å²) >= 11 is 0. The van der Waals surface area contributed by atoms with Crippen molar-refractivity contribution in [1.29, 1.82) is 0 Å². The summed E-state index contributed by atoms with van der Waals surface area (Å²) in [5, 5.41) is 0. The summed E-state index contributed by atoms with van der Waals surface area (Å²) in [6, 6.07) is 5.38. The molecule has 0 aliphatic carbocycles. The van der Waals surface area contributed by atoms with E-state index in [9.17, 15) is 4.79 Å². The van der Waals surface area contributed by atoms with Crippen LogP contribution in [0.1, 0.15) is 22.7 Å². The van der Waals surface area contributed by atoms with Gasteiger partial charge in [0.15, 0.2) is 5.76 Å². The largest absolute Gasteiger partial charge is 0.456 e. The average molecular weight is 342 g/mol. The number of nitrogens with zero attached hydrogens (tertiary/aromatic N) is 4. The maximum absolute atomic E-state index is 12.8. The van der Waals surface area contributed by atoms with Crippen LogP contribution >= 0.6 is 0 Å². The Hall–Kier alpha value is -2.41. The topological polar surface area (TPSA) is 71.7 Å². The van der Waals surface area contributed by atoms with Crippen molar-refractivity contribution in [3.8, 4) is 0 Å². The lowest BCUT2D eigenvalue weighted by Crippen LogP contribution is -2.43. The van der Waals surface area contributed by atoms with Gasteiger partial charge >= 0.3 is 0 Å². The first-order valence-corrected chi connectivity index (χ1v) is 8.61. The minimum Gasteiger partial charge on any atom is -0.456 e. The van der Waals surface area contributed by atoms with Gasteiger partial charge in [0.1, 0.15) is 5.76 Å². The second-order valence-corrected chi connectivity index (χ2v) is 6.91. The van der Waals surface area contributed by atoms with Crippen LogP contribution in [0.25, 0.3) is 0 Å². The first-order valence-electron chi connectivity index (χ1n) is 8.61. The number of carbonyl (C=O) groups is 1. The van der Waals surface area contributed by atoms with Crippen molar-refractivity contribution in [3.63, 3.8) is 0 Å².